The minimum atomic E-state index is -0.313. The van der Waals surface area contributed by atoms with Gasteiger partial charge in [0.15, 0.2) is 0 Å². The number of hydrogen-bond acceptors (Lipinski definition) is 4. The van der Waals surface area contributed by atoms with E-state index >= 15 is 0 Å². The van der Waals surface area contributed by atoms with Crippen molar-refractivity contribution < 1.29 is 9.53 Å². The van der Waals surface area contributed by atoms with Crippen molar-refractivity contribution in [2.24, 2.45) is 0 Å². The molecule has 0 atom stereocenters. The quantitative estimate of drug-likeness (QED) is 0.895. The van der Waals surface area contributed by atoms with Crippen molar-refractivity contribution >= 4 is 11.6 Å². The number of carbonyl (C=O) groups is 1. The van der Waals surface area contributed by atoms with Crippen LogP contribution in [-0.4, -0.2) is 27.2 Å². The Balaban J connectivity index is 1.59. The van der Waals surface area contributed by atoms with E-state index in [-0.39, 0.29) is 11.7 Å². The molecule has 3 rings (SSSR count). The molecule has 0 spiro atoms. The fraction of sp³-hybridized carbons (Fsp3) is 0.357. The highest BCUT2D eigenvalue weighted by Crippen LogP contribution is 2.25. The van der Waals surface area contributed by atoms with Gasteiger partial charge in [-0.25, -0.2) is 4.98 Å². The maximum Gasteiger partial charge on any atom is 0.292 e. The largest absolute Gasteiger partial charge is 0.490 e. The van der Waals surface area contributed by atoms with Crippen molar-refractivity contribution in [2.75, 3.05) is 5.32 Å². The van der Waals surface area contributed by atoms with Crippen LogP contribution in [0.5, 0.6) is 5.75 Å². The lowest BCUT2D eigenvalue weighted by Crippen LogP contribution is -2.14. The number of nitrogens with zero attached hydrogens (tertiary/aromatic N) is 2. The Bertz CT molecular complexity index is 559. The Morgan fingerprint density at radius 2 is 2.00 bits per heavy atom. The molecule has 2 aromatic rings. The van der Waals surface area contributed by atoms with Gasteiger partial charge in [0.25, 0.3) is 5.91 Å². The number of aromatic amines is 1. The van der Waals surface area contributed by atoms with E-state index in [4.69, 9.17) is 4.74 Å². The third kappa shape index (κ3) is 2.96. The molecule has 1 fully saturated rings. The monoisotopic (exact) mass is 272 g/mol. The van der Waals surface area contributed by atoms with E-state index in [2.05, 4.69) is 20.5 Å². The zero-order valence-electron chi connectivity index (χ0n) is 11.0. The summed E-state index contributed by atoms with van der Waals surface area (Å²) in [6.07, 6.45) is 6.39. The smallest absolute Gasteiger partial charge is 0.292 e. The molecule has 20 heavy (non-hydrogen) atoms. The number of carbonyl (C=O) groups excluding carboxylic acids is 1. The molecule has 1 aliphatic rings. The molecule has 2 N–H and O–H groups in total. The number of anilines is 1. The molecular formula is C14H16N4O2. The van der Waals surface area contributed by atoms with Crippen LogP contribution in [0.25, 0.3) is 0 Å². The minimum absolute atomic E-state index is 0.191. The number of rotatable bonds is 4. The van der Waals surface area contributed by atoms with Gasteiger partial charge >= 0.3 is 0 Å². The average molecular weight is 272 g/mol. The molecule has 104 valence electrons. The van der Waals surface area contributed by atoms with Gasteiger partial charge in [0, 0.05) is 5.69 Å². The van der Waals surface area contributed by atoms with E-state index in [9.17, 15) is 4.79 Å². The van der Waals surface area contributed by atoms with E-state index in [0.717, 1.165) is 18.6 Å². The fourth-order valence-corrected chi connectivity index (χ4v) is 2.32. The first kappa shape index (κ1) is 12.7. The first-order valence-corrected chi connectivity index (χ1v) is 6.75. The molecule has 1 aromatic heterocycles. The molecule has 0 saturated heterocycles. The third-order valence-corrected chi connectivity index (χ3v) is 3.35. The van der Waals surface area contributed by atoms with Gasteiger partial charge < -0.3 is 10.1 Å². The van der Waals surface area contributed by atoms with Crippen LogP contribution in [0.4, 0.5) is 5.69 Å². The summed E-state index contributed by atoms with van der Waals surface area (Å²) in [6, 6.07) is 7.37. The second-order valence-electron chi connectivity index (χ2n) is 4.84. The third-order valence-electron chi connectivity index (χ3n) is 3.35. The van der Waals surface area contributed by atoms with Crippen molar-refractivity contribution in [1.29, 1.82) is 0 Å². The Labute approximate surface area is 116 Å². The number of H-pyrrole nitrogens is 1. The van der Waals surface area contributed by atoms with Gasteiger partial charge in [0.1, 0.15) is 12.1 Å². The molecule has 0 radical (unpaired) electrons. The van der Waals surface area contributed by atoms with Crippen LogP contribution in [0.2, 0.25) is 0 Å². The number of amides is 1. The molecule has 1 aliphatic carbocycles. The van der Waals surface area contributed by atoms with Crippen LogP contribution >= 0.6 is 0 Å². The SMILES string of the molecule is O=C(Nc1ccc(OC2CCCC2)cc1)c1ncn[nH]1. The Morgan fingerprint density at radius 1 is 1.25 bits per heavy atom. The molecule has 6 nitrogen and oxygen atoms in total. The topological polar surface area (TPSA) is 79.9 Å². The first-order valence-electron chi connectivity index (χ1n) is 6.75. The second-order valence-corrected chi connectivity index (χ2v) is 4.84. The summed E-state index contributed by atoms with van der Waals surface area (Å²) >= 11 is 0. The zero-order valence-corrected chi connectivity index (χ0v) is 11.0. The second kappa shape index (κ2) is 5.73. The van der Waals surface area contributed by atoms with Gasteiger partial charge in [-0.2, -0.15) is 5.10 Å². The zero-order chi connectivity index (χ0) is 13.8. The summed E-state index contributed by atoms with van der Waals surface area (Å²) in [6.45, 7) is 0. The minimum Gasteiger partial charge on any atom is -0.490 e. The molecule has 1 aromatic carbocycles. The summed E-state index contributed by atoms with van der Waals surface area (Å²) in [5.74, 6) is 0.720. The number of aromatic nitrogens is 3. The van der Waals surface area contributed by atoms with E-state index < -0.39 is 0 Å². The lowest BCUT2D eigenvalue weighted by molar-refractivity contribution is 0.101. The van der Waals surface area contributed by atoms with Gasteiger partial charge in [-0.3, -0.25) is 9.89 Å². The molecule has 1 amide bonds. The van der Waals surface area contributed by atoms with Crippen LogP contribution in [0.15, 0.2) is 30.6 Å². The van der Waals surface area contributed by atoms with Gasteiger partial charge in [-0.15, -0.1) is 0 Å². The Morgan fingerprint density at radius 3 is 2.65 bits per heavy atom. The normalized spacial score (nSPS) is 15.2. The predicted molar refractivity (Wildman–Crippen MR) is 73.7 cm³/mol. The van der Waals surface area contributed by atoms with Crippen LogP contribution in [-0.2, 0) is 0 Å². The molecule has 1 heterocycles. The Hall–Kier alpha value is -2.37. The Kier molecular flexibility index (Phi) is 3.62. The highest BCUT2D eigenvalue weighted by Gasteiger charge is 2.16. The number of hydrogen-bond donors (Lipinski definition) is 2. The molecule has 1 saturated carbocycles. The van der Waals surface area contributed by atoms with Crippen molar-refractivity contribution in [1.82, 2.24) is 15.2 Å². The average Bonchev–Trinajstić information content (AvgIpc) is 3.13. The van der Waals surface area contributed by atoms with Crippen molar-refractivity contribution in [2.45, 2.75) is 31.8 Å². The summed E-state index contributed by atoms with van der Waals surface area (Å²) in [7, 11) is 0. The number of ether oxygens (including phenoxy) is 1. The molecule has 0 aliphatic heterocycles. The van der Waals surface area contributed by atoms with Crippen LogP contribution in [0, 0.1) is 0 Å². The van der Waals surface area contributed by atoms with Gasteiger partial charge in [0.05, 0.1) is 6.10 Å². The first-order chi connectivity index (χ1) is 9.81. The molecular weight excluding hydrogens is 256 g/mol. The number of nitrogens with one attached hydrogen (secondary N) is 2. The van der Waals surface area contributed by atoms with E-state index in [1.807, 2.05) is 24.3 Å². The van der Waals surface area contributed by atoms with Gasteiger partial charge in [0.2, 0.25) is 5.82 Å². The van der Waals surface area contributed by atoms with E-state index in [0.29, 0.717) is 11.8 Å². The molecule has 0 bridgehead atoms. The lowest BCUT2D eigenvalue weighted by atomic mass is 10.2. The van der Waals surface area contributed by atoms with Crippen molar-refractivity contribution in [3.63, 3.8) is 0 Å². The maximum atomic E-state index is 11.8. The predicted octanol–water partition coefficient (Wildman–Crippen LogP) is 2.38. The van der Waals surface area contributed by atoms with Gasteiger partial charge in [-0.1, -0.05) is 0 Å². The van der Waals surface area contributed by atoms with Crippen LogP contribution in [0.1, 0.15) is 36.3 Å². The summed E-state index contributed by atoms with van der Waals surface area (Å²) in [5.41, 5.74) is 0.699. The highest BCUT2D eigenvalue weighted by atomic mass is 16.5. The van der Waals surface area contributed by atoms with E-state index in [1.165, 1.54) is 19.2 Å². The standard InChI is InChI=1S/C14H16N4O2/c19-14(13-15-9-16-18-13)17-10-5-7-12(8-6-10)20-11-3-1-2-4-11/h5-9,11H,1-4H2,(H,17,19)(H,15,16,18). The summed E-state index contributed by atoms with van der Waals surface area (Å²) in [4.78, 5) is 15.6. The van der Waals surface area contributed by atoms with Gasteiger partial charge in [-0.05, 0) is 49.9 Å². The maximum absolute atomic E-state index is 11.8. The highest BCUT2D eigenvalue weighted by molar-refractivity contribution is 6.01. The molecule has 0 unspecified atom stereocenters. The molecule has 6 heteroatoms. The summed E-state index contributed by atoms with van der Waals surface area (Å²) < 4.78 is 5.87. The van der Waals surface area contributed by atoms with Crippen LogP contribution in [0.3, 0.4) is 0 Å². The van der Waals surface area contributed by atoms with Crippen molar-refractivity contribution in [3.8, 4) is 5.75 Å². The van der Waals surface area contributed by atoms with Crippen molar-refractivity contribution in [3.05, 3.63) is 36.4 Å². The van der Waals surface area contributed by atoms with E-state index in [1.54, 1.807) is 0 Å². The number of benzene rings is 1. The lowest BCUT2D eigenvalue weighted by Gasteiger charge is -2.13. The fourth-order valence-electron chi connectivity index (χ4n) is 2.32. The van der Waals surface area contributed by atoms with Crippen LogP contribution < -0.4 is 10.1 Å². The summed E-state index contributed by atoms with van der Waals surface area (Å²) in [5, 5.41) is 8.90.